The highest BCUT2D eigenvalue weighted by atomic mass is 16.6. The molecule has 2 aromatic rings. The third kappa shape index (κ3) is 7.09. The zero-order valence-electron chi connectivity index (χ0n) is 18.5. The third-order valence-corrected chi connectivity index (χ3v) is 4.09. The van der Waals surface area contributed by atoms with Crippen molar-refractivity contribution >= 4 is 23.3 Å². The first-order valence-electron chi connectivity index (χ1n) is 9.99. The van der Waals surface area contributed by atoms with E-state index >= 15 is 0 Å². The van der Waals surface area contributed by atoms with Crippen molar-refractivity contribution in [2.24, 2.45) is 0 Å². The number of aromatic nitrogens is 2. The number of ether oxygens (including phenoxy) is 2. The maximum absolute atomic E-state index is 12.1. The molecule has 0 radical (unpaired) electrons. The minimum Gasteiger partial charge on any atom is -0.494 e. The second-order valence-corrected chi connectivity index (χ2v) is 7.81. The number of likely N-dealkylation sites (N-methyl/N-ethyl adjacent to an activating group) is 1. The molecule has 10 nitrogen and oxygen atoms in total. The smallest absolute Gasteiger partial charge is 0.353 e. The van der Waals surface area contributed by atoms with Gasteiger partial charge in [-0.2, -0.15) is 0 Å². The maximum Gasteiger partial charge on any atom is 0.353 e. The van der Waals surface area contributed by atoms with Gasteiger partial charge in [0.25, 0.3) is 0 Å². The molecule has 0 amide bonds. The van der Waals surface area contributed by atoms with Crippen LogP contribution in [0.25, 0.3) is 0 Å². The van der Waals surface area contributed by atoms with Crippen molar-refractivity contribution < 1.29 is 19.2 Å². The second kappa shape index (κ2) is 10.6. The SMILES string of the molecule is CCOc1ccccc1CCNc1ncnc(N(C)CC(=O)OC(C)(C)C)c1[N+](=O)[O-]. The summed E-state index contributed by atoms with van der Waals surface area (Å²) in [4.78, 5) is 32.7. The minimum absolute atomic E-state index is 0.0306. The van der Waals surface area contributed by atoms with E-state index in [9.17, 15) is 14.9 Å². The van der Waals surface area contributed by atoms with Gasteiger partial charge < -0.3 is 19.7 Å². The van der Waals surface area contributed by atoms with Crippen molar-refractivity contribution in [3.8, 4) is 5.75 Å². The van der Waals surface area contributed by atoms with Crippen LogP contribution in [0, 0.1) is 10.1 Å². The van der Waals surface area contributed by atoms with Crippen molar-refractivity contribution in [2.75, 3.05) is 37.0 Å². The number of nitrogens with zero attached hydrogens (tertiary/aromatic N) is 4. The minimum atomic E-state index is -0.653. The Balaban J connectivity index is 2.15. The third-order valence-electron chi connectivity index (χ3n) is 4.09. The molecule has 2 rings (SSSR count). The molecule has 0 fully saturated rings. The largest absolute Gasteiger partial charge is 0.494 e. The molecule has 0 atom stereocenters. The predicted molar refractivity (Wildman–Crippen MR) is 118 cm³/mol. The van der Waals surface area contributed by atoms with Gasteiger partial charge in [0.2, 0.25) is 11.6 Å². The van der Waals surface area contributed by atoms with E-state index in [4.69, 9.17) is 9.47 Å². The molecule has 0 unspecified atom stereocenters. The topological polar surface area (TPSA) is 120 Å². The molecular formula is C21H29N5O5. The number of carbonyl (C=O) groups excluding carboxylic acids is 1. The second-order valence-electron chi connectivity index (χ2n) is 7.81. The van der Waals surface area contributed by atoms with E-state index in [1.165, 1.54) is 11.2 Å². The lowest BCUT2D eigenvalue weighted by atomic mass is 10.1. The lowest BCUT2D eigenvalue weighted by Crippen LogP contribution is -2.33. The van der Waals surface area contributed by atoms with Crippen molar-refractivity contribution in [1.82, 2.24) is 9.97 Å². The molecule has 1 aromatic heterocycles. The summed E-state index contributed by atoms with van der Waals surface area (Å²) in [7, 11) is 1.54. The van der Waals surface area contributed by atoms with E-state index in [0.29, 0.717) is 19.6 Å². The maximum atomic E-state index is 12.1. The lowest BCUT2D eigenvalue weighted by Gasteiger charge is -2.23. The number of rotatable bonds is 10. The Kier molecular flexibility index (Phi) is 8.12. The molecule has 0 saturated carbocycles. The van der Waals surface area contributed by atoms with Crippen LogP contribution in [0.1, 0.15) is 33.3 Å². The number of nitro groups is 1. The Bertz CT molecular complexity index is 913. The van der Waals surface area contributed by atoms with Gasteiger partial charge in [0.15, 0.2) is 0 Å². The van der Waals surface area contributed by atoms with Gasteiger partial charge in [-0.15, -0.1) is 0 Å². The molecule has 0 aliphatic carbocycles. The van der Waals surface area contributed by atoms with Crippen LogP contribution in [-0.2, 0) is 16.0 Å². The zero-order valence-corrected chi connectivity index (χ0v) is 18.5. The molecule has 0 aliphatic heterocycles. The summed E-state index contributed by atoms with van der Waals surface area (Å²) in [5.74, 6) is 0.384. The number of hydrogen-bond acceptors (Lipinski definition) is 9. The van der Waals surface area contributed by atoms with Gasteiger partial charge in [-0.25, -0.2) is 9.97 Å². The highest BCUT2D eigenvalue weighted by Crippen LogP contribution is 2.31. The van der Waals surface area contributed by atoms with E-state index in [1.54, 1.807) is 27.8 Å². The lowest BCUT2D eigenvalue weighted by molar-refractivity contribution is -0.383. The van der Waals surface area contributed by atoms with Gasteiger partial charge in [0, 0.05) is 13.6 Å². The summed E-state index contributed by atoms with van der Waals surface area (Å²) in [5.41, 5.74) is 0.0301. The summed E-state index contributed by atoms with van der Waals surface area (Å²) >= 11 is 0. The summed E-state index contributed by atoms with van der Waals surface area (Å²) in [6.45, 7) is 7.94. The molecule has 0 aliphatic rings. The number of anilines is 2. The number of nitrogens with one attached hydrogen (secondary N) is 1. The van der Waals surface area contributed by atoms with Crippen LogP contribution in [0.2, 0.25) is 0 Å². The Morgan fingerprint density at radius 1 is 1.26 bits per heavy atom. The molecule has 1 aromatic carbocycles. The molecule has 0 spiro atoms. The highest BCUT2D eigenvalue weighted by molar-refractivity contribution is 5.78. The fourth-order valence-corrected chi connectivity index (χ4v) is 2.91. The molecule has 0 saturated heterocycles. The van der Waals surface area contributed by atoms with Gasteiger partial charge in [-0.05, 0) is 45.7 Å². The van der Waals surface area contributed by atoms with E-state index in [0.717, 1.165) is 11.3 Å². The van der Waals surface area contributed by atoms with Gasteiger partial charge in [-0.1, -0.05) is 18.2 Å². The predicted octanol–water partition coefficient (Wildman–Crippen LogP) is 3.22. The van der Waals surface area contributed by atoms with E-state index in [-0.39, 0.29) is 23.9 Å². The van der Waals surface area contributed by atoms with Gasteiger partial charge in [-0.3, -0.25) is 14.9 Å². The average molecular weight is 431 g/mol. The highest BCUT2D eigenvalue weighted by Gasteiger charge is 2.27. The number of carbonyl (C=O) groups is 1. The van der Waals surface area contributed by atoms with E-state index < -0.39 is 16.5 Å². The number of benzene rings is 1. The molecular weight excluding hydrogens is 402 g/mol. The van der Waals surface area contributed by atoms with Crippen LogP contribution in [-0.4, -0.2) is 53.2 Å². The first-order valence-corrected chi connectivity index (χ1v) is 9.99. The summed E-state index contributed by atoms with van der Waals surface area (Å²) < 4.78 is 10.9. The Labute approximate surface area is 181 Å². The fourth-order valence-electron chi connectivity index (χ4n) is 2.91. The fraction of sp³-hybridized carbons (Fsp3) is 0.476. The van der Waals surface area contributed by atoms with Gasteiger partial charge >= 0.3 is 11.7 Å². The van der Waals surface area contributed by atoms with Gasteiger partial charge in [0.1, 0.15) is 24.2 Å². The number of hydrogen-bond donors (Lipinski definition) is 1. The van der Waals surface area contributed by atoms with Crippen molar-refractivity contribution in [3.05, 3.63) is 46.3 Å². The van der Waals surface area contributed by atoms with Crippen molar-refractivity contribution in [1.29, 1.82) is 0 Å². The Morgan fingerprint density at radius 3 is 2.61 bits per heavy atom. The standard InChI is InChI=1S/C21H29N5O5/c1-6-30-16-10-8-7-9-15(16)11-12-22-19-18(26(28)29)20(24-14-23-19)25(5)13-17(27)31-21(2,3)4/h7-10,14H,6,11-13H2,1-5H3,(H,22,23,24). The van der Waals surface area contributed by atoms with Crippen molar-refractivity contribution in [3.63, 3.8) is 0 Å². The van der Waals surface area contributed by atoms with Crippen LogP contribution in [0.15, 0.2) is 30.6 Å². The average Bonchev–Trinajstić information content (AvgIpc) is 2.67. The molecule has 168 valence electrons. The van der Waals surface area contributed by atoms with Gasteiger partial charge in [0.05, 0.1) is 11.5 Å². The molecule has 1 heterocycles. The first-order chi connectivity index (χ1) is 14.6. The summed E-state index contributed by atoms with van der Waals surface area (Å²) in [6.07, 6.45) is 1.81. The zero-order chi connectivity index (χ0) is 23.0. The van der Waals surface area contributed by atoms with Crippen LogP contribution in [0.4, 0.5) is 17.3 Å². The normalized spacial score (nSPS) is 11.0. The molecule has 0 bridgehead atoms. The van der Waals surface area contributed by atoms with Crippen molar-refractivity contribution in [2.45, 2.75) is 39.7 Å². The monoisotopic (exact) mass is 431 g/mol. The van der Waals surface area contributed by atoms with Crippen LogP contribution in [0.5, 0.6) is 5.75 Å². The molecule has 10 heteroatoms. The first kappa shape index (κ1) is 23.8. The summed E-state index contributed by atoms with van der Waals surface area (Å²) in [5, 5.41) is 14.8. The Morgan fingerprint density at radius 2 is 1.97 bits per heavy atom. The quantitative estimate of drug-likeness (QED) is 0.343. The molecule has 31 heavy (non-hydrogen) atoms. The number of para-hydroxylation sites is 1. The van der Waals surface area contributed by atoms with Crippen LogP contribution >= 0.6 is 0 Å². The summed E-state index contributed by atoms with van der Waals surface area (Å²) in [6, 6.07) is 7.63. The van der Waals surface area contributed by atoms with Crippen LogP contribution < -0.4 is 15.0 Å². The number of esters is 1. The van der Waals surface area contributed by atoms with Crippen LogP contribution in [0.3, 0.4) is 0 Å². The van der Waals surface area contributed by atoms with E-state index in [2.05, 4.69) is 15.3 Å². The Hall–Kier alpha value is -3.43. The van der Waals surface area contributed by atoms with E-state index in [1.807, 2.05) is 31.2 Å². The molecule has 1 N–H and O–H groups in total.